The molecular weight excluding hydrogens is 358 g/mol. The largest absolute Gasteiger partial charge is 0.497 e. The highest BCUT2D eigenvalue weighted by atomic mass is 16.5. The molecular formula is C26H21NO2. The summed E-state index contributed by atoms with van der Waals surface area (Å²) in [7, 11) is 3.35. The topological polar surface area (TPSA) is 21.7 Å². The van der Waals surface area contributed by atoms with Crippen molar-refractivity contribution >= 4 is 17.1 Å². The van der Waals surface area contributed by atoms with Crippen molar-refractivity contribution in [2.24, 2.45) is 0 Å². The molecule has 0 amide bonds. The highest BCUT2D eigenvalue weighted by Gasteiger charge is 2.17. The van der Waals surface area contributed by atoms with Gasteiger partial charge in [0, 0.05) is 16.9 Å². The van der Waals surface area contributed by atoms with Crippen LogP contribution in [0.2, 0.25) is 0 Å². The van der Waals surface area contributed by atoms with E-state index in [9.17, 15) is 0 Å². The Bertz CT molecular complexity index is 1010. The number of methoxy groups -OCH3 is 2. The Kier molecular flexibility index (Phi) is 5.48. The third kappa shape index (κ3) is 3.94. The van der Waals surface area contributed by atoms with Gasteiger partial charge in [-0.25, -0.2) is 0 Å². The Morgan fingerprint density at radius 2 is 1.14 bits per heavy atom. The van der Waals surface area contributed by atoms with Crippen molar-refractivity contribution in [2.45, 2.75) is 0 Å². The molecule has 0 spiro atoms. The van der Waals surface area contributed by atoms with Crippen molar-refractivity contribution in [3.05, 3.63) is 103 Å². The van der Waals surface area contributed by atoms with Crippen LogP contribution in [0.1, 0.15) is 0 Å². The summed E-state index contributed by atoms with van der Waals surface area (Å²) in [6.45, 7) is 0. The van der Waals surface area contributed by atoms with Crippen molar-refractivity contribution in [3.8, 4) is 22.6 Å². The third-order valence-electron chi connectivity index (χ3n) is 4.77. The van der Waals surface area contributed by atoms with E-state index >= 15 is 0 Å². The van der Waals surface area contributed by atoms with Crippen molar-refractivity contribution in [1.82, 2.24) is 0 Å². The first kappa shape index (κ1) is 18.6. The standard InChI is InChI=1S/C26H21NO2/c1-28-23-16-12-21(13-17-23)27(22-14-18-24(29-2)19-15-22)26-11-7-6-10-25(26)20-8-4-3-5-9-20/h4-6,8-19H,1-2H3. The SMILES string of the molecule is COc1ccc(N(c2ccc(OC)cc2)c2c[c]ccc2-c2cc[c]cc2)cc1. The van der Waals surface area contributed by atoms with Gasteiger partial charge in [-0.3, -0.25) is 0 Å². The predicted octanol–water partition coefficient (Wildman–Crippen LogP) is 6.44. The van der Waals surface area contributed by atoms with Gasteiger partial charge in [-0.15, -0.1) is 0 Å². The minimum atomic E-state index is 0.821. The highest BCUT2D eigenvalue weighted by Crippen LogP contribution is 2.41. The first-order chi connectivity index (χ1) is 14.3. The minimum absolute atomic E-state index is 0.821. The Morgan fingerprint density at radius 1 is 0.621 bits per heavy atom. The molecule has 4 aromatic carbocycles. The third-order valence-corrected chi connectivity index (χ3v) is 4.77. The lowest BCUT2D eigenvalue weighted by Crippen LogP contribution is -2.11. The molecule has 0 saturated carbocycles. The Labute approximate surface area is 171 Å². The van der Waals surface area contributed by atoms with Gasteiger partial charge in [-0.2, -0.15) is 0 Å². The molecule has 2 radical (unpaired) electrons. The number of hydrogen-bond acceptors (Lipinski definition) is 3. The Morgan fingerprint density at radius 3 is 1.66 bits per heavy atom. The summed E-state index contributed by atoms with van der Waals surface area (Å²) in [6.07, 6.45) is 0. The van der Waals surface area contributed by atoms with Crippen LogP contribution in [-0.4, -0.2) is 14.2 Å². The van der Waals surface area contributed by atoms with E-state index < -0.39 is 0 Å². The zero-order valence-electron chi connectivity index (χ0n) is 16.4. The summed E-state index contributed by atoms with van der Waals surface area (Å²) in [5.74, 6) is 1.64. The molecule has 0 aliphatic carbocycles. The molecule has 3 nitrogen and oxygen atoms in total. The molecule has 142 valence electrons. The fourth-order valence-corrected chi connectivity index (χ4v) is 3.31. The van der Waals surface area contributed by atoms with E-state index in [4.69, 9.17) is 9.47 Å². The van der Waals surface area contributed by atoms with Crippen LogP contribution in [-0.2, 0) is 0 Å². The van der Waals surface area contributed by atoms with Gasteiger partial charge in [0.05, 0.1) is 19.9 Å². The maximum atomic E-state index is 5.34. The second kappa shape index (κ2) is 8.53. The van der Waals surface area contributed by atoms with E-state index in [-0.39, 0.29) is 0 Å². The quantitative estimate of drug-likeness (QED) is 0.385. The van der Waals surface area contributed by atoms with E-state index in [1.165, 1.54) is 0 Å². The zero-order chi connectivity index (χ0) is 20.1. The molecule has 0 aliphatic rings. The van der Waals surface area contributed by atoms with Crippen LogP contribution in [0.25, 0.3) is 11.1 Å². The van der Waals surface area contributed by atoms with Gasteiger partial charge in [-0.1, -0.05) is 36.4 Å². The summed E-state index contributed by atoms with van der Waals surface area (Å²) in [5, 5.41) is 0. The van der Waals surface area contributed by atoms with Crippen LogP contribution in [0.3, 0.4) is 0 Å². The molecule has 29 heavy (non-hydrogen) atoms. The van der Waals surface area contributed by atoms with E-state index in [0.717, 1.165) is 39.7 Å². The number of benzene rings is 4. The second-order valence-electron chi connectivity index (χ2n) is 6.46. The number of nitrogens with zero attached hydrogens (tertiary/aromatic N) is 1. The molecule has 0 heterocycles. The molecule has 4 aromatic rings. The van der Waals surface area contributed by atoms with E-state index in [1.807, 2.05) is 48.5 Å². The lowest BCUT2D eigenvalue weighted by Gasteiger charge is -2.28. The number of ether oxygens (including phenoxy) is 2. The van der Waals surface area contributed by atoms with Gasteiger partial charge in [0.1, 0.15) is 11.5 Å². The molecule has 0 unspecified atom stereocenters. The van der Waals surface area contributed by atoms with Gasteiger partial charge < -0.3 is 14.4 Å². The van der Waals surface area contributed by atoms with Crippen LogP contribution in [0, 0.1) is 12.1 Å². The summed E-state index contributed by atoms with van der Waals surface area (Å²) in [6, 6.07) is 36.5. The molecule has 0 saturated heterocycles. The number of hydrogen-bond donors (Lipinski definition) is 0. The fourth-order valence-electron chi connectivity index (χ4n) is 3.31. The number of anilines is 3. The molecule has 0 fully saturated rings. The van der Waals surface area contributed by atoms with Crippen molar-refractivity contribution in [2.75, 3.05) is 19.1 Å². The van der Waals surface area contributed by atoms with E-state index in [2.05, 4.69) is 59.5 Å². The maximum absolute atomic E-state index is 5.34. The van der Waals surface area contributed by atoms with E-state index in [1.54, 1.807) is 14.2 Å². The monoisotopic (exact) mass is 379 g/mol. The Balaban J connectivity index is 1.88. The molecule has 4 rings (SSSR count). The smallest absolute Gasteiger partial charge is 0.119 e. The van der Waals surface area contributed by atoms with Crippen LogP contribution < -0.4 is 14.4 Å². The van der Waals surface area contributed by atoms with Gasteiger partial charge in [0.25, 0.3) is 0 Å². The predicted molar refractivity (Wildman–Crippen MR) is 117 cm³/mol. The molecule has 0 bridgehead atoms. The first-order valence-corrected chi connectivity index (χ1v) is 9.35. The lowest BCUT2D eigenvalue weighted by atomic mass is 10.0. The lowest BCUT2D eigenvalue weighted by molar-refractivity contribution is 0.415. The molecule has 3 heteroatoms. The average molecular weight is 379 g/mol. The average Bonchev–Trinajstić information content (AvgIpc) is 2.81. The summed E-state index contributed by atoms with van der Waals surface area (Å²) >= 11 is 0. The van der Waals surface area contributed by atoms with Crippen LogP contribution in [0.15, 0.2) is 91.0 Å². The molecule has 0 aliphatic heterocycles. The van der Waals surface area contributed by atoms with E-state index in [0.29, 0.717) is 0 Å². The second-order valence-corrected chi connectivity index (χ2v) is 6.46. The van der Waals surface area contributed by atoms with Crippen LogP contribution >= 0.6 is 0 Å². The normalized spacial score (nSPS) is 10.4. The van der Waals surface area contributed by atoms with Gasteiger partial charge in [0.2, 0.25) is 0 Å². The van der Waals surface area contributed by atoms with Crippen LogP contribution in [0.4, 0.5) is 17.1 Å². The fraction of sp³-hybridized carbons (Fsp3) is 0.0769. The highest BCUT2D eigenvalue weighted by molar-refractivity contribution is 5.88. The number of rotatable bonds is 6. The first-order valence-electron chi connectivity index (χ1n) is 9.35. The van der Waals surface area contributed by atoms with Gasteiger partial charge in [-0.05, 0) is 72.3 Å². The molecule has 0 N–H and O–H groups in total. The molecule has 0 atom stereocenters. The van der Waals surface area contributed by atoms with Gasteiger partial charge in [0.15, 0.2) is 0 Å². The summed E-state index contributed by atoms with van der Waals surface area (Å²) in [5.41, 5.74) is 5.33. The Hall–Kier alpha value is -3.72. The minimum Gasteiger partial charge on any atom is -0.497 e. The summed E-state index contributed by atoms with van der Waals surface area (Å²) < 4.78 is 10.7. The van der Waals surface area contributed by atoms with Crippen molar-refractivity contribution in [1.29, 1.82) is 0 Å². The molecule has 0 aromatic heterocycles. The summed E-state index contributed by atoms with van der Waals surface area (Å²) in [4.78, 5) is 2.21. The van der Waals surface area contributed by atoms with Gasteiger partial charge >= 0.3 is 0 Å². The van der Waals surface area contributed by atoms with Crippen molar-refractivity contribution < 1.29 is 9.47 Å². The maximum Gasteiger partial charge on any atom is 0.119 e. The van der Waals surface area contributed by atoms with Crippen molar-refractivity contribution in [3.63, 3.8) is 0 Å². The zero-order valence-corrected chi connectivity index (χ0v) is 16.4. The van der Waals surface area contributed by atoms with Crippen LogP contribution in [0.5, 0.6) is 11.5 Å².